The Hall–Kier alpha value is -2.11. The Morgan fingerprint density at radius 3 is 2.27 bits per heavy atom. The topological polar surface area (TPSA) is 36.1 Å². The number of thiol groups is 1. The molecule has 4 aromatic rings. The van der Waals surface area contributed by atoms with E-state index in [0.717, 1.165) is 58.6 Å². The third kappa shape index (κ3) is 4.62. The zero-order valence-corrected chi connectivity index (χ0v) is 18.8. The molecule has 0 amide bonds. The summed E-state index contributed by atoms with van der Waals surface area (Å²) in [4.78, 5) is 0.984. The van der Waals surface area contributed by atoms with Gasteiger partial charge in [0, 0.05) is 42.1 Å². The molecule has 0 radical (unpaired) electrons. The number of hydrogen-bond donors (Lipinski definition) is 4. The van der Waals surface area contributed by atoms with Crippen LogP contribution in [-0.2, 0) is 0 Å². The van der Waals surface area contributed by atoms with Gasteiger partial charge in [0.25, 0.3) is 0 Å². The van der Waals surface area contributed by atoms with Crippen LogP contribution in [0.1, 0.15) is 0 Å². The van der Waals surface area contributed by atoms with Gasteiger partial charge in [0.15, 0.2) is 0 Å². The number of rotatable bonds is 8. The van der Waals surface area contributed by atoms with Gasteiger partial charge in [-0.3, -0.25) is 0 Å². The SMILES string of the molecule is Sc1c(NCCNCCNc2c(Cl)ccc3cccc(Cl)c23)ccc2ccccc12. The monoisotopic (exact) mass is 455 g/mol. The van der Waals surface area contributed by atoms with Gasteiger partial charge in [-0.25, -0.2) is 0 Å². The standard InChI is InChI=1S/C24H23Cl2N3S/c25-19-7-3-5-17-8-10-20(26)23(22(17)19)29-15-13-27-12-14-28-21-11-9-16-4-1-2-6-18(16)24(21)30/h1-11,27-30H,12-15H2. The molecule has 30 heavy (non-hydrogen) atoms. The minimum Gasteiger partial charge on any atom is -0.383 e. The van der Waals surface area contributed by atoms with Gasteiger partial charge in [-0.05, 0) is 34.4 Å². The summed E-state index contributed by atoms with van der Waals surface area (Å²) in [7, 11) is 0. The van der Waals surface area contributed by atoms with Gasteiger partial charge in [0.2, 0.25) is 0 Å². The third-order valence-electron chi connectivity index (χ3n) is 5.07. The summed E-state index contributed by atoms with van der Waals surface area (Å²) < 4.78 is 0. The fraction of sp³-hybridized carbons (Fsp3) is 0.167. The number of anilines is 2. The first-order valence-corrected chi connectivity index (χ1v) is 11.1. The minimum atomic E-state index is 0.676. The van der Waals surface area contributed by atoms with Crippen molar-refractivity contribution >= 4 is 68.8 Å². The highest BCUT2D eigenvalue weighted by Crippen LogP contribution is 2.35. The maximum atomic E-state index is 6.40. The van der Waals surface area contributed by atoms with Crippen LogP contribution in [0, 0.1) is 0 Å². The second kappa shape index (κ2) is 9.80. The van der Waals surface area contributed by atoms with E-state index in [4.69, 9.17) is 35.8 Å². The molecule has 0 aromatic heterocycles. The van der Waals surface area contributed by atoms with Crippen molar-refractivity contribution in [2.45, 2.75) is 4.90 Å². The van der Waals surface area contributed by atoms with E-state index in [0.29, 0.717) is 10.0 Å². The van der Waals surface area contributed by atoms with Crippen LogP contribution in [-0.4, -0.2) is 26.2 Å². The van der Waals surface area contributed by atoms with Crippen molar-refractivity contribution in [1.82, 2.24) is 5.32 Å². The fourth-order valence-electron chi connectivity index (χ4n) is 3.57. The number of hydrogen-bond acceptors (Lipinski definition) is 4. The maximum Gasteiger partial charge on any atom is 0.0644 e. The van der Waals surface area contributed by atoms with E-state index in [1.54, 1.807) is 0 Å². The Bertz CT molecular complexity index is 1180. The van der Waals surface area contributed by atoms with Crippen molar-refractivity contribution in [3.8, 4) is 0 Å². The molecule has 0 atom stereocenters. The van der Waals surface area contributed by atoms with E-state index in [2.05, 4.69) is 40.2 Å². The summed E-state index contributed by atoms with van der Waals surface area (Å²) in [6.07, 6.45) is 0. The van der Waals surface area contributed by atoms with E-state index in [1.807, 2.05) is 42.5 Å². The first-order valence-electron chi connectivity index (χ1n) is 9.91. The lowest BCUT2D eigenvalue weighted by atomic mass is 10.1. The average Bonchev–Trinajstić information content (AvgIpc) is 2.76. The third-order valence-corrected chi connectivity index (χ3v) is 6.18. The van der Waals surface area contributed by atoms with Gasteiger partial charge in [0.05, 0.1) is 15.7 Å². The highest BCUT2D eigenvalue weighted by Gasteiger charge is 2.09. The van der Waals surface area contributed by atoms with E-state index in [9.17, 15) is 0 Å². The molecule has 3 nitrogen and oxygen atoms in total. The van der Waals surface area contributed by atoms with E-state index in [1.165, 1.54) is 5.39 Å². The van der Waals surface area contributed by atoms with Crippen molar-refractivity contribution < 1.29 is 0 Å². The van der Waals surface area contributed by atoms with Crippen molar-refractivity contribution in [2.24, 2.45) is 0 Å². The Morgan fingerprint density at radius 1 is 0.667 bits per heavy atom. The highest BCUT2D eigenvalue weighted by molar-refractivity contribution is 7.80. The molecular formula is C24H23Cl2N3S. The van der Waals surface area contributed by atoms with Crippen LogP contribution in [0.3, 0.4) is 0 Å². The number of nitrogens with one attached hydrogen (secondary N) is 3. The van der Waals surface area contributed by atoms with Gasteiger partial charge < -0.3 is 16.0 Å². The maximum absolute atomic E-state index is 6.40. The second-order valence-corrected chi connectivity index (χ2v) is 8.31. The number of halogens is 2. The zero-order valence-electron chi connectivity index (χ0n) is 16.4. The molecule has 3 N–H and O–H groups in total. The summed E-state index contributed by atoms with van der Waals surface area (Å²) in [5.41, 5.74) is 1.93. The summed E-state index contributed by atoms with van der Waals surface area (Å²) in [5, 5.41) is 16.1. The Kier molecular flexibility index (Phi) is 6.90. The summed E-state index contributed by atoms with van der Waals surface area (Å²) in [5.74, 6) is 0. The number of fused-ring (bicyclic) bond motifs is 2. The summed E-state index contributed by atoms with van der Waals surface area (Å²) in [6.45, 7) is 3.21. The Balaban J connectivity index is 1.27. The molecule has 0 unspecified atom stereocenters. The van der Waals surface area contributed by atoms with Crippen LogP contribution >= 0.6 is 35.8 Å². The predicted molar refractivity (Wildman–Crippen MR) is 135 cm³/mol. The Morgan fingerprint density at radius 2 is 1.40 bits per heavy atom. The van der Waals surface area contributed by atoms with Crippen molar-refractivity contribution in [2.75, 3.05) is 36.8 Å². The molecule has 0 saturated carbocycles. The quantitative estimate of drug-likeness (QED) is 0.176. The van der Waals surface area contributed by atoms with E-state index in [-0.39, 0.29) is 0 Å². The second-order valence-electron chi connectivity index (χ2n) is 7.05. The minimum absolute atomic E-state index is 0.676. The zero-order chi connectivity index (χ0) is 20.9. The lowest BCUT2D eigenvalue weighted by molar-refractivity contribution is 0.719. The highest BCUT2D eigenvalue weighted by atomic mass is 35.5. The van der Waals surface area contributed by atoms with E-state index >= 15 is 0 Å². The smallest absolute Gasteiger partial charge is 0.0644 e. The molecule has 0 aliphatic rings. The van der Waals surface area contributed by atoms with Crippen LogP contribution in [0.15, 0.2) is 71.6 Å². The molecule has 6 heteroatoms. The Labute approximate surface area is 192 Å². The van der Waals surface area contributed by atoms with Gasteiger partial charge >= 0.3 is 0 Å². The molecule has 4 rings (SSSR count). The van der Waals surface area contributed by atoms with Crippen molar-refractivity contribution in [1.29, 1.82) is 0 Å². The molecule has 0 aliphatic carbocycles. The molecule has 0 spiro atoms. The van der Waals surface area contributed by atoms with Gasteiger partial charge in [0.1, 0.15) is 0 Å². The molecule has 4 aromatic carbocycles. The molecule has 0 heterocycles. The fourth-order valence-corrected chi connectivity index (χ4v) is 4.42. The van der Waals surface area contributed by atoms with Crippen LogP contribution in [0.4, 0.5) is 11.4 Å². The van der Waals surface area contributed by atoms with E-state index < -0.39 is 0 Å². The predicted octanol–water partition coefficient (Wildman–Crippen LogP) is 6.70. The number of benzene rings is 4. The first-order chi connectivity index (χ1) is 14.6. The van der Waals surface area contributed by atoms with Crippen LogP contribution < -0.4 is 16.0 Å². The first kappa shape index (κ1) is 21.1. The van der Waals surface area contributed by atoms with Crippen LogP contribution in [0.5, 0.6) is 0 Å². The molecule has 0 fully saturated rings. The van der Waals surface area contributed by atoms with Crippen molar-refractivity contribution in [3.05, 3.63) is 76.8 Å². The largest absolute Gasteiger partial charge is 0.383 e. The summed E-state index contributed by atoms with van der Waals surface area (Å²) >= 11 is 17.5. The van der Waals surface area contributed by atoms with Crippen molar-refractivity contribution in [3.63, 3.8) is 0 Å². The lowest BCUT2D eigenvalue weighted by Gasteiger charge is -2.14. The van der Waals surface area contributed by atoms with Crippen LogP contribution in [0.25, 0.3) is 21.5 Å². The van der Waals surface area contributed by atoms with Crippen LogP contribution in [0.2, 0.25) is 10.0 Å². The lowest BCUT2D eigenvalue weighted by Crippen LogP contribution is -2.27. The molecular weight excluding hydrogens is 433 g/mol. The summed E-state index contributed by atoms with van der Waals surface area (Å²) in [6, 6.07) is 22.2. The van der Waals surface area contributed by atoms with Gasteiger partial charge in [-0.2, -0.15) is 0 Å². The molecule has 154 valence electrons. The average molecular weight is 456 g/mol. The molecule has 0 bridgehead atoms. The molecule has 0 aliphatic heterocycles. The van der Waals surface area contributed by atoms with Gasteiger partial charge in [-0.15, -0.1) is 12.6 Å². The van der Waals surface area contributed by atoms with Gasteiger partial charge in [-0.1, -0.05) is 71.7 Å². The normalized spacial score (nSPS) is 11.2. The molecule has 0 saturated heterocycles.